The Morgan fingerprint density at radius 3 is 2.63 bits per heavy atom. The van der Waals surface area contributed by atoms with Gasteiger partial charge in [0.05, 0.1) is 0 Å². The molecule has 0 saturated heterocycles. The Labute approximate surface area is 115 Å². The molecule has 1 rings (SSSR count). The summed E-state index contributed by atoms with van der Waals surface area (Å²) in [5.74, 6) is 6.19. The lowest BCUT2D eigenvalue weighted by Gasteiger charge is -2.04. The van der Waals surface area contributed by atoms with E-state index in [0.717, 1.165) is 5.56 Å². The average molecular weight is 279 g/mol. The molecule has 1 amide bonds. The largest absolute Gasteiger partial charge is 0.384 e. The minimum Gasteiger partial charge on any atom is -0.384 e. The molecule has 19 heavy (non-hydrogen) atoms. The van der Waals surface area contributed by atoms with Crippen LogP contribution in [-0.4, -0.2) is 39.9 Å². The van der Waals surface area contributed by atoms with Crippen LogP contribution in [0.4, 0.5) is 0 Å². The number of hydrogen-bond acceptors (Lipinski definition) is 3. The minimum atomic E-state index is -0.864. The van der Waals surface area contributed by atoms with Crippen LogP contribution in [0.5, 0.6) is 0 Å². The van der Waals surface area contributed by atoms with Crippen LogP contribution in [0.1, 0.15) is 22.8 Å². The van der Waals surface area contributed by atoms with E-state index in [4.69, 9.17) is 5.11 Å². The van der Waals surface area contributed by atoms with E-state index in [0.29, 0.717) is 23.6 Å². The fourth-order valence-electron chi connectivity index (χ4n) is 1.37. The van der Waals surface area contributed by atoms with Crippen LogP contribution in [0.15, 0.2) is 24.3 Å². The van der Waals surface area contributed by atoms with Gasteiger partial charge in [-0.05, 0) is 24.3 Å². The van der Waals surface area contributed by atoms with Crippen LogP contribution in [0.2, 0.25) is 0 Å². The molecule has 0 fully saturated rings. The van der Waals surface area contributed by atoms with Crippen molar-refractivity contribution in [1.29, 1.82) is 0 Å². The molecule has 1 unspecified atom stereocenters. The standard InChI is InChI=1S/C14H17NO3S/c1-2-19(18)11-9-15-14(17)13-7-5-12(6-8-13)4-3-10-16/h5-8,16H,2,9-11H2,1H3,(H,15,17). The van der Waals surface area contributed by atoms with Crippen LogP contribution in [0.25, 0.3) is 0 Å². The van der Waals surface area contributed by atoms with Gasteiger partial charge in [0, 0.05) is 40.0 Å². The molecule has 0 aliphatic rings. The molecule has 0 bridgehead atoms. The molecule has 0 radical (unpaired) electrons. The van der Waals surface area contributed by atoms with Gasteiger partial charge in [0.1, 0.15) is 6.61 Å². The van der Waals surface area contributed by atoms with Gasteiger partial charge in [-0.15, -0.1) is 0 Å². The number of rotatable bonds is 5. The molecule has 0 aliphatic heterocycles. The third-order valence-electron chi connectivity index (χ3n) is 2.40. The van der Waals surface area contributed by atoms with E-state index in [-0.39, 0.29) is 12.5 Å². The normalized spacial score (nSPS) is 11.3. The molecule has 0 aliphatic carbocycles. The summed E-state index contributed by atoms with van der Waals surface area (Å²) in [6, 6.07) is 6.80. The maximum Gasteiger partial charge on any atom is 0.251 e. The highest BCUT2D eigenvalue weighted by atomic mass is 32.2. The van der Waals surface area contributed by atoms with Crippen LogP contribution in [0, 0.1) is 11.8 Å². The molecule has 4 nitrogen and oxygen atoms in total. The number of hydrogen-bond donors (Lipinski definition) is 2. The molecular formula is C14H17NO3S. The van der Waals surface area contributed by atoms with Crippen molar-refractivity contribution in [3.05, 3.63) is 35.4 Å². The molecule has 0 saturated carbocycles. The summed E-state index contributed by atoms with van der Waals surface area (Å²) in [6.45, 7) is 2.08. The van der Waals surface area contributed by atoms with Gasteiger partial charge in [-0.25, -0.2) is 0 Å². The Kier molecular flexibility index (Phi) is 6.86. The van der Waals surface area contributed by atoms with Crippen LogP contribution in [-0.2, 0) is 10.8 Å². The molecule has 1 aromatic carbocycles. The first-order valence-corrected chi connectivity index (χ1v) is 7.49. The molecule has 0 aromatic heterocycles. The monoisotopic (exact) mass is 279 g/mol. The summed E-state index contributed by atoms with van der Waals surface area (Å²) >= 11 is 0. The first kappa shape index (κ1) is 15.4. The maximum absolute atomic E-state index is 11.8. The summed E-state index contributed by atoms with van der Waals surface area (Å²) in [4.78, 5) is 11.8. The highest BCUT2D eigenvalue weighted by Crippen LogP contribution is 2.03. The first-order valence-electron chi connectivity index (χ1n) is 6.00. The Morgan fingerprint density at radius 1 is 1.37 bits per heavy atom. The van der Waals surface area contributed by atoms with Gasteiger partial charge in [-0.3, -0.25) is 9.00 Å². The third-order valence-corrected chi connectivity index (χ3v) is 3.70. The fraction of sp³-hybridized carbons (Fsp3) is 0.357. The van der Waals surface area contributed by atoms with Gasteiger partial charge in [-0.2, -0.15) is 0 Å². The number of amides is 1. The van der Waals surface area contributed by atoms with Crippen molar-refractivity contribution >= 4 is 16.7 Å². The highest BCUT2D eigenvalue weighted by molar-refractivity contribution is 7.84. The van der Waals surface area contributed by atoms with E-state index >= 15 is 0 Å². The van der Waals surface area contributed by atoms with E-state index in [1.165, 1.54) is 0 Å². The summed E-state index contributed by atoms with van der Waals surface area (Å²) in [6.07, 6.45) is 0. The van der Waals surface area contributed by atoms with Gasteiger partial charge < -0.3 is 10.4 Å². The number of aliphatic hydroxyl groups excluding tert-OH is 1. The van der Waals surface area contributed by atoms with Crippen LogP contribution >= 0.6 is 0 Å². The van der Waals surface area contributed by atoms with Gasteiger partial charge >= 0.3 is 0 Å². The molecular weight excluding hydrogens is 262 g/mol. The summed E-state index contributed by atoms with van der Waals surface area (Å²) in [5, 5.41) is 11.3. The maximum atomic E-state index is 11.8. The van der Waals surface area contributed by atoms with Crippen LogP contribution < -0.4 is 5.32 Å². The van der Waals surface area contributed by atoms with Gasteiger partial charge in [0.2, 0.25) is 0 Å². The van der Waals surface area contributed by atoms with E-state index in [1.54, 1.807) is 24.3 Å². The average Bonchev–Trinajstić information content (AvgIpc) is 2.45. The predicted octanol–water partition coefficient (Wildman–Crippen LogP) is 0.529. The van der Waals surface area contributed by atoms with Crippen molar-refractivity contribution in [2.24, 2.45) is 0 Å². The lowest BCUT2D eigenvalue weighted by Crippen LogP contribution is -2.27. The molecule has 2 N–H and O–H groups in total. The number of aliphatic hydroxyl groups is 1. The zero-order valence-electron chi connectivity index (χ0n) is 10.8. The van der Waals surface area contributed by atoms with Crippen molar-refractivity contribution in [1.82, 2.24) is 5.32 Å². The molecule has 102 valence electrons. The minimum absolute atomic E-state index is 0.184. The van der Waals surface area contributed by atoms with Crippen LogP contribution in [0.3, 0.4) is 0 Å². The van der Waals surface area contributed by atoms with Crippen molar-refractivity contribution in [3.8, 4) is 11.8 Å². The van der Waals surface area contributed by atoms with Crippen molar-refractivity contribution in [2.75, 3.05) is 24.7 Å². The number of nitrogens with one attached hydrogen (secondary N) is 1. The molecule has 1 atom stereocenters. The Hall–Kier alpha value is -1.64. The molecule has 5 heteroatoms. The molecule has 1 aromatic rings. The third kappa shape index (κ3) is 5.69. The Bertz CT molecular complexity index is 500. The smallest absolute Gasteiger partial charge is 0.251 e. The zero-order valence-corrected chi connectivity index (χ0v) is 11.6. The number of carbonyl (C=O) groups is 1. The SMILES string of the molecule is CCS(=O)CCNC(=O)c1ccc(C#CCO)cc1. The Morgan fingerprint density at radius 2 is 2.05 bits per heavy atom. The second-order valence-corrected chi connectivity index (χ2v) is 5.59. The van der Waals surface area contributed by atoms with Crippen molar-refractivity contribution in [2.45, 2.75) is 6.92 Å². The van der Waals surface area contributed by atoms with Crippen molar-refractivity contribution in [3.63, 3.8) is 0 Å². The molecule has 0 spiro atoms. The van der Waals surface area contributed by atoms with Gasteiger partial charge in [0.25, 0.3) is 5.91 Å². The Balaban J connectivity index is 2.51. The highest BCUT2D eigenvalue weighted by Gasteiger charge is 2.05. The van der Waals surface area contributed by atoms with E-state index in [1.807, 2.05) is 6.92 Å². The zero-order chi connectivity index (χ0) is 14.1. The predicted molar refractivity (Wildman–Crippen MR) is 76.3 cm³/mol. The lowest BCUT2D eigenvalue weighted by molar-refractivity contribution is 0.0956. The lowest BCUT2D eigenvalue weighted by atomic mass is 10.1. The summed E-state index contributed by atoms with van der Waals surface area (Å²) < 4.78 is 11.2. The first-order chi connectivity index (χ1) is 9.17. The van der Waals surface area contributed by atoms with Crippen molar-refractivity contribution < 1.29 is 14.1 Å². The second-order valence-electron chi connectivity index (χ2n) is 3.73. The van der Waals surface area contributed by atoms with E-state index < -0.39 is 10.8 Å². The van der Waals surface area contributed by atoms with Gasteiger partial charge in [0.15, 0.2) is 0 Å². The quantitative estimate of drug-likeness (QED) is 0.773. The summed E-state index contributed by atoms with van der Waals surface area (Å²) in [5.41, 5.74) is 1.29. The fourth-order valence-corrected chi connectivity index (χ4v) is 1.99. The topological polar surface area (TPSA) is 66.4 Å². The van der Waals surface area contributed by atoms with Gasteiger partial charge in [-0.1, -0.05) is 18.8 Å². The summed E-state index contributed by atoms with van der Waals surface area (Å²) in [7, 11) is -0.864. The number of benzene rings is 1. The second kappa shape index (κ2) is 8.46. The molecule has 0 heterocycles. The van der Waals surface area contributed by atoms with E-state index in [2.05, 4.69) is 17.2 Å². The number of carbonyl (C=O) groups excluding carboxylic acids is 1. The van der Waals surface area contributed by atoms with E-state index in [9.17, 15) is 9.00 Å².